The van der Waals surface area contributed by atoms with Crippen LogP contribution in [0.1, 0.15) is 56.0 Å². The zero-order valence-electron chi connectivity index (χ0n) is 22.9. The molecule has 2 aromatic carbocycles. The maximum atomic E-state index is 13.2. The molecule has 4 aromatic rings. The van der Waals surface area contributed by atoms with Gasteiger partial charge in [0.25, 0.3) is 0 Å². The fourth-order valence-corrected chi connectivity index (χ4v) is 5.38. The Hall–Kier alpha value is -4.60. The van der Waals surface area contributed by atoms with Gasteiger partial charge in [0.05, 0.1) is 29.5 Å². The minimum Gasteiger partial charge on any atom is -0.492 e. The summed E-state index contributed by atoms with van der Waals surface area (Å²) in [4.78, 5) is 16.5. The molecular weight excluding hydrogens is 523 g/mol. The Labute approximate surface area is 237 Å². The molecule has 2 aromatic heterocycles. The number of anilines is 1. The molecule has 0 radical (unpaired) electrons. The van der Waals surface area contributed by atoms with Gasteiger partial charge in [0.2, 0.25) is 0 Å². The first-order valence-electron chi connectivity index (χ1n) is 14.0. The van der Waals surface area contributed by atoms with E-state index in [9.17, 15) is 9.18 Å². The second-order valence-electron chi connectivity index (χ2n) is 10.5. The molecule has 10 heteroatoms. The Morgan fingerprint density at radius 1 is 1.22 bits per heavy atom. The highest BCUT2D eigenvalue weighted by atomic mass is 19.1. The highest BCUT2D eigenvalue weighted by Crippen LogP contribution is 2.44. The summed E-state index contributed by atoms with van der Waals surface area (Å²) in [6, 6.07) is 12.2. The molecule has 2 aliphatic rings. The molecule has 2 heterocycles. The third kappa shape index (κ3) is 5.68. The van der Waals surface area contributed by atoms with Crippen LogP contribution in [0.2, 0.25) is 0 Å². The van der Waals surface area contributed by atoms with Crippen molar-refractivity contribution < 1.29 is 18.7 Å². The molecule has 0 aliphatic heterocycles. The average Bonchev–Trinajstić information content (AvgIpc) is 3.55. The van der Waals surface area contributed by atoms with Crippen molar-refractivity contribution >= 4 is 28.3 Å². The van der Waals surface area contributed by atoms with Crippen molar-refractivity contribution in [1.82, 2.24) is 24.6 Å². The van der Waals surface area contributed by atoms with Crippen LogP contribution in [0.3, 0.4) is 0 Å². The van der Waals surface area contributed by atoms with E-state index in [0.29, 0.717) is 25.6 Å². The Bertz CT molecular complexity index is 1590. The van der Waals surface area contributed by atoms with E-state index in [4.69, 9.17) is 15.2 Å². The summed E-state index contributed by atoms with van der Waals surface area (Å²) in [6.07, 6.45) is 12.3. The molecular formula is C31H33FN6O3. The number of nitrogens with zero attached hydrogens (tertiary/aromatic N) is 4. The molecule has 1 amide bonds. The van der Waals surface area contributed by atoms with Crippen LogP contribution in [0.4, 0.5) is 14.9 Å². The number of amides is 1. The first-order chi connectivity index (χ1) is 20.0. The first-order valence-corrected chi connectivity index (χ1v) is 14.0. The molecule has 1 saturated carbocycles. The molecule has 0 saturated heterocycles. The smallest absolute Gasteiger partial charge is 0.408 e. The summed E-state index contributed by atoms with van der Waals surface area (Å²) in [6.45, 7) is 2.84. The van der Waals surface area contributed by atoms with Crippen LogP contribution < -0.4 is 15.8 Å². The number of benzene rings is 2. The third-order valence-corrected chi connectivity index (χ3v) is 7.81. The second-order valence-corrected chi connectivity index (χ2v) is 10.5. The number of carbonyl (C=O) groups is 1. The normalized spacial score (nSPS) is 17.6. The second kappa shape index (κ2) is 11.5. The molecule has 1 fully saturated rings. The number of aromatic nitrogens is 4. The van der Waals surface area contributed by atoms with E-state index in [-0.39, 0.29) is 11.9 Å². The summed E-state index contributed by atoms with van der Waals surface area (Å²) < 4.78 is 28.8. The lowest BCUT2D eigenvalue weighted by Crippen LogP contribution is -2.34. The Kier molecular flexibility index (Phi) is 7.45. The number of hydrogen-bond acceptors (Lipinski definition) is 6. The van der Waals surface area contributed by atoms with Gasteiger partial charge in [0.15, 0.2) is 0 Å². The van der Waals surface area contributed by atoms with Crippen molar-refractivity contribution in [2.24, 2.45) is 0 Å². The van der Waals surface area contributed by atoms with Crippen LogP contribution in [0, 0.1) is 5.82 Å². The Morgan fingerprint density at radius 3 is 2.73 bits per heavy atom. The zero-order chi connectivity index (χ0) is 28.3. The van der Waals surface area contributed by atoms with Gasteiger partial charge in [0, 0.05) is 11.4 Å². The topological polar surface area (TPSA) is 109 Å². The number of rotatable bonds is 9. The maximum Gasteiger partial charge on any atom is 0.408 e. The van der Waals surface area contributed by atoms with E-state index < -0.39 is 12.2 Å². The first kappa shape index (κ1) is 26.6. The molecule has 2 atom stereocenters. The van der Waals surface area contributed by atoms with E-state index in [1.54, 1.807) is 30.1 Å². The average molecular weight is 557 g/mol. The number of fused-ring (bicyclic) bond motifs is 1. The predicted molar refractivity (Wildman–Crippen MR) is 155 cm³/mol. The van der Waals surface area contributed by atoms with Gasteiger partial charge in [-0.1, -0.05) is 30.4 Å². The van der Waals surface area contributed by atoms with Crippen LogP contribution in [0.25, 0.3) is 16.5 Å². The third-order valence-electron chi connectivity index (χ3n) is 7.81. The zero-order valence-corrected chi connectivity index (χ0v) is 22.9. The molecule has 3 N–H and O–H groups in total. The van der Waals surface area contributed by atoms with Gasteiger partial charge in [-0.15, -0.1) is 0 Å². The van der Waals surface area contributed by atoms with Crippen LogP contribution in [-0.4, -0.2) is 38.1 Å². The minimum atomic E-state index is -0.521. The lowest BCUT2D eigenvalue weighted by atomic mass is 9.91. The van der Waals surface area contributed by atoms with Gasteiger partial charge in [-0.3, -0.25) is 0 Å². The summed E-state index contributed by atoms with van der Waals surface area (Å²) >= 11 is 0. The van der Waals surface area contributed by atoms with Crippen molar-refractivity contribution in [3.8, 4) is 5.75 Å². The highest BCUT2D eigenvalue weighted by Gasteiger charge is 2.28. The molecule has 212 valence electrons. The van der Waals surface area contributed by atoms with Crippen LogP contribution in [-0.2, 0) is 11.3 Å². The van der Waals surface area contributed by atoms with Gasteiger partial charge >= 0.3 is 6.09 Å². The van der Waals surface area contributed by atoms with Crippen LogP contribution in [0.5, 0.6) is 5.75 Å². The molecule has 2 unspecified atom stereocenters. The Balaban J connectivity index is 1.15. The van der Waals surface area contributed by atoms with E-state index in [0.717, 1.165) is 52.0 Å². The number of nitrogens with one attached hydrogen (secondary N) is 1. The standard InChI is InChI=1S/C31H33FN6O3/c1-20(21-5-9-23(32)10-6-21)41-31(39)36-24-11-7-22(8-12-24)30-29(33)27-17-26(40-16-15-37-19-34-18-35-37)13-14-28(27)38(30)25-3-2-4-25/h5-11,13-14,17-20,24-25H,2-4,12,15-16,33H2,1H3,(H,36,39). The Morgan fingerprint density at radius 2 is 2.05 bits per heavy atom. The molecule has 6 rings (SSSR count). The number of carbonyl (C=O) groups excluding carboxylic acids is 1. The number of allylic oxidation sites excluding steroid dienone is 2. The van der Waals surface area contributed by atoms with Gasteiger partial charge in [-0.25, -0.2) is 18.9 Å². The number of alkyl carbamates (subject to hydrolysis) is 1. The van der Waals surface area contributed by atoms with Crippen molar-refractivity contribution in [2.75, 3.05) is 12.3 Å². The van der Waals surface area contributed by atoms with E-state index >= 15 is 0 Å². The maximum absolute atomic E-state index is 13.2. The van der Waals surface area contributed by atoms with Crippen LogP contribution >= 0.6 is 0 Å². The van der Waals surface area contributed by atoms with Gasteiger partial charge in [-0.05, 0) is 74.1 Å². The summed E-state index contributed by atoms with van der Waals surface area (Å²) in [5.74, 6) is 0.429. The van der Waals surface area contributed by atoms with E-state index in [1.807, 2.05) is 24.3 Å². The monoisotopic (exact) mass is 556 g/mol. The number of halogens is 1. The quantitative estimate of drug-likeness (QED) is 0.263. The number of ether oxygens (including phenoxy) is 2. The lowest BCUT2D eigenvalue weighted by molar-refractivity contribution is 0.105. The van der Waals surface area contributed by atoms with Crippen molar-refractivity contribution in [2.45, 2.75) is 57.3 Å². The summed E-state index contributed by atoms with van der Waals surface area (Å²) in [7, 11) is 0. The number of nitrogens with two attached hydrogens (primary N) is 1. The molecule has 0 spiro atoms. The van der Waals surface area contributed by atoms with E-state index in [2.05, 4.69) is 32.1 Å². The van der Waals surface area contributed by atoms with Crippen molar-refractivity contribution in [1.29, 1.82) is 0 Å². The SMILES string of the molecule is CC(OC(=O)NC1C=CC(c2c(N)c3cc(OCCn4cncn4)ccc3n2C2CCC2)=CC1)c1ccc(F)cc1. The van der Waals surface area contributed by atoms with Gasteiger partial charge in [-0.2, -0.15) is 5.10 Å². The molecule has 41 heavy (non-hydrogen) atoms. The van der Waals surface area contributed by atoms with Gasteiger partial charge in [0.1, 0.15) is 36.9 Å². The van der Waals surface area contributed by atoms with E-state index in [1.165, 1.54) is 24.9 Å². The highest BCUT2D eigenvalue weighted by molar-refractivity contribution is 6.01. The summed E-state index contributed by atoms with van der Waals surface area (Å²) in [5.41, 5.74) is 11.4. The fourth-order valence-electron chi connectivity index (χ4n) is 5.38. The van der Waals surface area contributed by atoms with Crippen molar-refractivity contribution in [3.63, 3.8) is 0 Å². The lowest BCUT2D eigenvalue weighted by Gasteiger charge is -2.31. The van der Waals surface area contributed by atoms with Gasteiger partial charge < -0.3 is 25.1 Å². The number of hydrogen-bond donors (Lipinski definition) is 2. The predicted octanol–water partition coefficient (Wildman–Crippen LogP) is 5.96. The minimum absolute atomic E-state index is 0.209. The molecule has 2 aliphatic carbocycles. The molecule has 9 nitrogen and oxygen atoms in total. The van der Waals surface area contributed by atoms with Crippen molar-refractivity contribution in [3.05, 3.63) is 90.4 Å². The number of nitrogen functional groups attached to an aromatic ring is 1. The summed E-state index contributed by atoms with van der Waals surface area (Å²) in [5, 5.41) is 7.99. The van der Waals surface area contributed by atoms with Crippen LogP contribution in [0.15, 0.2) is 73.3 Å². The fraction of sp³-hybridized carbons (Fsp3) is 0.323. The molecule has 0 bridgehead atoms. The largest absolute Gasteiger partial charge is 0.492 e.